The lowest BCUT2D eigenvalue weighted by Gasteiger charge is -2.20. The first kappa shape index (κ1) is 12.6. The highest BCUT2D eigenvalue weighted by Crippen LogP contribution is 2.29. The van der Waals surface area contributed by atoms with E-state index in [1.165, 1.54) is 5.56 Å². The Morgan fingerprint density at radius 2 is 1.88 bits per heavy atom. The van der Waals surface area contributed by atoms with E-state index in [1.54, 1.807) is 0 Å². The Morgan fingerprint density at radius 3 is 2.35 bits per heavy atom. The van der Waals surface area contributed by atoms with Gasteiger partial charge in [-0.05, 0) is 11.0 Å². The third-order valence-electron chi connectivity index (χ3n) is 3.06. The SMILES string of the molecule is CC(C)(C)c1ccc(C2OCC(CN)O2)cc1. The molecule has 3 heteroatoms. The van der Waals surface area contributed by atoms with E-state index in [-0.39, 0.29) is 17.8 Å². The molecular formula is C14H21NO2. The van der Waals surface area contributed by atoms with Gasteiger partial charge in [-0.1, -0.05) is 45.0 Å². The Kier molecular flexibility index (Phi) is 3.52. The normalized spacial score (nSPS) is 25.2. The fourth-order valence-electron chi connectivity index (χ4n) is 1.89. The molecule has 0 amide bonds. The zero-order valence-corrected chi connectivity index (χ0v) is 10.8. The highest BCUT2D eigenvalue weighted by molar-refractivity contribution is 5.28. The topological polar surface area (TPSA) is 44.5 Å². The highest BCUT2D eigenvalue weighted by atomic mass is 16.7. The van der Waals surface area contributed by atoms with E-state index in [0.717, 1.165) is 5.56 Å². The summed E-state index contributed by atoms with van der Waals surface area (Å²) in [7, 11) is 0. The first-order valence-electron chi connectivity index (χ1n) is 6.08. The fraction of sp³-hybridized carbons (Fsp3) is 0.571. The predicted molar refractivity (Wildman–Crippen MR) is 67.8 cm³/mol. The second-order valence-electron chi connectivity index (χ2n) is 5.53. The number of hydrogen-bond donors (Lipinski definition) is 1. The van der Waals surface area contributed by atoms with Crippen molar-refractivity contribution < 1.29 is 9.47 Å². The molecule has 0 radical (unpaired) electrons. The quantitative estimate of drug-likeness (QED) is 0.855. The first-order chi connectivity index (χ1) is 8.00. The molecule has 1 aromatic carbocycles. The molecule has 1 saturated heterocycles. The van der Waals surface area contributed by atoms with Crippen LogP contribution >= 0.6 is 0 Å². The summed E-state index contributed by atoms with van der Waals surface area (Å²) >= 11 is 0. The molecule has 0 saturated carbocycles. The summed E-state index contributed by atoms with van der Waals surface area (Å²) in [4.78, 5) is 0. The second-order valence-corrected chi connectivity index (χ2v) is 5.53. The fourth-order valence-corrected chi connectivity index (χ4v) is 1.89. The van der Waals surface area contributed by atoms with Gasteiger partial charge in [-0.25, -0.2) is 0 Å². The van der Waals surface area contributed by atoms with Gasteiger partial charge < -0.3 is 15.2 Å². The molecule has 2 N–H and O–H groups in total. The predicted octanol–water partition coefficient (Wildman–Crippen LogP) is 2.36. The van der Waals surface area contributed by atoms with Gasteiger partial charge in [0.2, 0.25) is 0 Å². The maximum absolute atomic E-state index is 5.67. The summed E-state index contributed by atoms with van der Waals surface area (Å²) in [6, 6.07) is 8.42. The van der Waals surface area contributed by atoms with Gasteiger partial charge in [-0.2, -0.15) is 0 Å². The first-order valence-corrected chi connectivity index (χ1v) is 6.08. The van der Waals surface area contributed by atoms with Crippen LogP contribution in [-0.4, -0.2) is 19.3 Å². The number of nitrogens with two attached hydrogens (primary N) is 1. The molecule has 0 bridgehead atoms. The van der Waals surface area contributed by atoms with Crippen molar-refractivity contribution >= 4 is 0 Å². The van der Waals surface area contributed by atoms with Gasteiger partial charge >= 0.3 is 0 Å². The lowest BCUT2D eigenvalue weighted by molar-refractivity contribution is -0.0585. The molecule has 2 atom stereocenters. The summed E-state index contributed by atoms with van der Waals surface area (Å²) in [5.74, 6) is 0. The van der Waals surface area contributed by atoms with Gasteiger partial charge in [-0.3, -0.25) is 0 Å². The Balaban J connectivity index is 2.09. The van der Waals surface area contributed by atoms with Crippen LogP contribution in [0.4, 0.5) is 0 Å². The van der Waals surface area contributed by atoms with Crippen LogP contribution in [0.3, 0.4) is 0 Å². The third kappa shape index (κ3) is 2.86. The average Bonchev–Trinajstić information content (AvgIpc) is 2.76. The van der Waals surface area contributed by atoms with Gasteiger partial charge in [0, 0.05) is 12.1 Å². The lowest BCUT2D eigenvalue weighted by atomic mass is 9.87. The number of ether oxygens (including phenoxy) is 2. The van der Waals surface area contributed by atoms with Crippen LogP contribution in [0.5, 0.6) is 0 Å². The van der Waals surface area contributed by atoms with E-state index in [2.05, 4.69) is 45.0 Å². The van der Waals surface area contributed by atoms with Crippen molar-refractivity contribution in [2.24, 2.45) is 5.73 Å². The molecule has 2 unspecified atom stereocenters. The lowest BCUT2D eigenvalue weighted by Crippen LogP contribution is -2.21. The standard InChI is InChI=1S/C14H21NO2/c1-14(2,3)11-6-4-10(5-7-11)13-16-9-12(8-15)17-13/h4-7,12-13H,8-9,15H2,1-3H3. The zero-order valence-electron chi connectivity index (χ0n) is 10.8. The van der Waals surface area contributed by atoms with E-state index < -0.39 is 0 Å². The highest BCUT2D eigenvalue weighted by Gasteiger charge is 2.26. The molecule has 1 aromatic rings. The maximum atomic E-state index is 5.67. The van der Waals surface area contributed by atoms with Crippen molar-refractivity contribution in [1.82, 2.24) is 0 Å². The Bertz CT molecular complexity index is 367. The van der Waals surface area contributed by atoms with Crippen molar-refractivity contribution in [2.45, 2.75) is 38.6 Å². The summed E-state index contributed by atoms with van der Waals surface area (Å²) < 4.78 is 11.2. The van der Waals surface area contributed by atoms with Crippen LogP contribution in [0.1, 0.15) is 38.2 Å². The summed E-state index contributed by atoms with van der Waals surface area (Å²) in [5.41, 5.74) is 8.10. The number of hydrogen-bond acceptors (Lipinski definition) is 3. The minimum atomic E-state index is -0.252. The smallest absolute Gasteiger partial charge is 0.184 e. The molecule has 0 aliphatic carbocycles. The van der Waals surface area contributed by atoms with Gasteiger partial charge in [0.25, 0.3) is 0 Å². The monoisotopic (exact) mass is 235 g/mol. The van der Waals surface area contributed by atoms with Crippen LogP contribution in [0, 0.1) is 0 Å². The van der Waals surface area contributed by atoms with Crippen LogP contribution in [0.15, 0.2) is 24.3 Å². The van der Waals surface area contributed by atoms with Crippen LogP contribution in [0.25, 0.3) is 0 Å². The third-order valence-corrected chi connectivity index (χ3v) is 3.06. The molecule has 0 aromatic heterocycles. The largest absolute Gasteiger partial charge is 0.346 e. The van der Waals surface area contributed by atoms with Crippen molar-refractivity contribution in [2.75, 3.05) is 13.2 Å². The van der Waals surface area contributed by atoms with E-state index in [0.29, 0.717) is 13.2 Å². The van der Waals surface area contributed by atoms with Crippen LogP contribution in [-0.2, 0) is 14.9 Å². The van der Waals surface area contributed by atoms with Gasteiger partial charge in [0.15, 0.2) is 6.29 Å². The molecule has 17 heavy (non-hydrogen) atoms. The van der Waals surface area contributed by atoms with Gasteiger partial charge in [-0.15, -0.1) is 0 Å². The minimum absolute atomic E-state index is 0.0299. The summed E-state index contributed by atoms with van der Waals surface area (Å²) in [5, 5.41) is 0. The molecule has 0 spiro atoms. The van der Waals surface area contributed by atoms with Crippen molar-refractivity contribution in [1.29, 1.82) is 0 Å². The zero-order chi connectivity index (χ0) is 12.5. The molecule has 1 heterocycles. The summed E-state index contributed by atoms with van der Waals surface area (Å²) in [6.07, 6.45) is -0.222. The van der Waals surface area contributed by atoms with E-state index >= 15 is 0 Å². The number of benzene rings is 1. The molecule has 3 nitrogen and oxygen atoms in total. The Labute approximate surface area is 103 Å². The second kappa shape index (κ2) is 4.77. The van der Waals surface area contributed by atoms with Gasteiger partial charge in [0.05, 0.1) is 12.7 Å². The van der Waals surface area contributed by atoms with E-state index in [9.17, 15) is 0 Å². The maximum Gasteiger partial charge on any atom is 0.184 e. The Hall–Kier alpha value is -0.900. The van der Waals surface area contributed by atoms with E-state index in [4.69, 9.17) is 15.2 Å². The van der Waals surface area contributed by atoms with Crippen molar-refractivity contribution in [3.05, 3.63) is 35.4 Å². The molecular weight excluding hydrogens is 214 g/mol. The van der Waals surface area contributed by atoms with Gasteiger partial charge in [0.1, 0.15) is 0 Å². The molecule has 1 aliphatic heterocycles. The average molecular weight is 235 g/mol. The summed E-state index contributed by atoms with van der Waals surface area (Å²) in [6.45, 7) is 7.71. The van der Waals surface area contributed by atoms with Crippen molar-refractivity contribution in [3.63, 3.8) is 0 Å². The van der Waals surface area contributed by atoms with Crippen LogP contribution in [0.2, 0.25) is 0 Å². The van der Waals surface area contributed by atoms with E-state index in [1.807, 2.05) is 0 Å². The molecule has 2 rings (SSSR count). The molecule has 94 valence electrons. The molecule has 1 aliphatic rings. The minimum Gasteiger partial charge on any atom is -0.346 e. The Morgan fingerprint density at radius 1 is 1.24 bits per heavy atom. The van der Waals surface area contributed by atoms with Crippen molar-refractivity contribution in [3.8, 4) is 0 Å². The molecule has 1 fully saturated rings. The van der Waals surface area contributed by atoms with Crippen LogP contribution < -0.4 is 5.73 Å². The number of rotatable bonds is 2.